The molecule has 15 heavy (non-hydrogen) atoms. The molecule has 0 fully saturated rings. The number of nitrogens with zero attached hydrogens (tertiary/aromatic N) is 2. The highest BCUT2D eigenvalue weighted by Crippen LogP contribution is 2.28. The summed E-state index contributed by atoms with van der Waals surface area (Å²) >= 11 is 3.11. The van der Waals surface area contributed by atoms with Crippen LogP contribution in [0.5, 0.6) is 0 Å². The van der Waals surface area contributed by atoms with Gasteiger partial charge in [-0.2, -0.15) is 0 Å². The summed E-state index contributed by atoms with van der Waals surface area (Å²) in [7, 11) is 0. The predicted molar refractivity (Wildman–Crippen MR) is 62.9 cm³/mol. The van der Waals surface area contributed by atoms with E-state index in [-0.39, 0.29) is 6.04 Å². The minimum atomic E-state index is 0.00921. The van der Waals surface area contributed by atoms with E-state index in [1.807, 2.05) is 6.92 Å². The van der Waals surface area contributed by atoms with Crippen LogP contribution in [-0.2, 0) is 0 Å². The quantitative estimate of drug-likeness (QED) is 0.634. The van der Waals surface area contributed by atoms with Crippen LogP contribution in [0, 0.1) is 13.8 Å². The predicted octanol–water partition coefficient (Wildman–Crippen LogP) is 1.77. The first-order valence-corrected chi connectivity index (χ1v) is 6.17. The molecule has 0 aliphatic rings. The first-order valence-electron chi connectivity index (χ1n) is 4.52. The monoisotopic (exact) mass is 240 g/mol. The van der Waals surface area contributed by atoms with Crippen molar-refractivity contribution < 1.29 is 0 Å². The van der Waals surface area contributed by atoms with Crippen molar-refractivity contribution in [3.05, 3.63) is 32.5 Å². The lowest BCUT2D eigenvalue weighted by Gasteiger charge is -2.12. The molecule has 0 amide bonds. The Morgan fingerprint density at radius 3 is 2.73 bits per heavy atom. The number of nitrogens with one attached hydrogen (secondary N) is 1. The molecule has 2 heterocycles. The number of aromatic nitrogens is 2. The van der Waals surface area contributed by atoms with E-state index in [0.717, 1.165) is 10.6 Å². The van der Waals surface area contributed by atoms with Gasteiger partial charge in [0.05, 0.1) is 16.6 Å². The van der Waals surface area contributed by atoms with Crippen LogP contribution in [-0.4, -0.2) is 9.59 Å². The van der Waals surface area contributed by atoms with Crippen molar-refractivity contribution in [3.8, 4) is 0 Å². The third kappa shape index (κ3) is 2.07. The number of hydrogen-bond donors (Lipinski definition) is 2. The summed E-state index contributed by atoms with van der Waals surface area (Å²) in [5.41, 5.74) is 4.92. The molecule has 0 spiro atoms. The Balaban J connectivity index is 2.36. The van der Waals surface area contributed by atoms with Crippen LogP contribution < -0.4 is 11.3 Å². The maximum Gasteiger partial charge on any atom is 0.0845 e. The van der Waals surface area contributed by atoms with Crippen molar-refractivity contribution in [3.63, 3.8) is 0 Å². The molecule has 2 rings (SSSR count). The summed E-state index contributed by atoms with van der Waals surface area (Å²) in [4.78, 5) is 2.36. The highest BCUT2D eigenvalue weighted by atomic mass is 32.1. The van der Waals surface area contributed by atoms with Crippen molar-refractivity contribution in [2.75, 3.05) is 0 Å². The molecule has 0 radical (unpaired) electrons. The molecular weight excluding hydrogens is 228 g/mol. The fourth-order valence-corrected chi connectivity index (χ4v) is 2.90. The van der Waals surface area contributed by atoms with Crippen LogP contribution >= 0.6 is 22.9 Å². The molecule has 0 aliphatic heterocycles. The van der Waals surface area contributed by atoms with Gasteiger partial charge in [-0.05, 0) is 42.4 Å². The van der Waals surface area contributed by atoms with Gasteiger partial charge in [0, 0.05) is 4.88 Å². The average Bonchev–Trinajstić information content (AvgIpc) is 2.79. The Hall–Kier alpha value is -0.820. The van der Waals surface area contributed by atoms with Crippen LogP contribution in [0.4, 0.5) is 0 Å². The molecule has 1 atom stereocenters. The van der Waals surface area contributed by atoms with Crippen LogP contribution in [0.15, 0.2) is 11.4 Å². The maximum absolute atomic E-state index is 5.58. The Morgan fingerprint density at radius 2 is 2.27 bits per heavy atom. The van der Waals surface area contributed by atoms with E-state index in [4.69, 9.17) is 5.84 Å². The molecule has 3 N–H and O–H groups in total. The highest BCUT2D eigenvalue weighted by Gasteiger charge is 2.18. The van der Waals surface area contributed by atoms with E-state index in [1.54, 1.807) is 11.3 Å². The molecule has 0 aliphatic carbocycles. The van der Waals surface area contributed by atoms with Crippen molar-refractivity contribution in [2.45, 2.75) is 19.9 Å². The Kier molecular flexibility index (Phi) is 3.11. The molecule has 2 aromatic heterocycles. The van der Waals surface area contributed by atoms with E-state index < -0.39 is 0 Å². The zero-order chi connectivity index (χ0) is 10.8. The third-order valence-corrected chi connectivity index (χ3v) is 3.97. The zero-order valence-corrected chi connectivity index (χ0v) is 10.2. The molecular formula is C9H12N4S2. The van der Waals surface area contributed by atoms with Crippen LogP contribution in [0.25, 0.3) is 0 Å². The first kappa shape index (κ1) is 10.7. The second kappa shape index (κ2) is 4.36. The van der Waals surface area contributed by atoms with Gasteiger partial charge in [-0.25, -0.2) is 5.43 Å². The molecule has 0 aromatic carbocycles. The van der Waals surface area contributed by atoms with Gasteiger partial charge in [-0.3, -0.25) is 5.84 Å². The van der Waals surface area contributed by atoms with Gasteiger partial charge >= 0.3 is 0 Å². The van der Waals surface area contributed by atoms with Crippen molar-refractivity contribution in [1.82, 2.24) is 15.0 Å². The van der Waals surface area contributed by atoms with Gasteiger partial charge < -0.3 is 0 Å². The molecule has 4 nitrogen and oxygen atoms in total. The molecule has 1 unspecified atom stereocenters. The van der Waals surface area contributed by atoms with Gasteiger partial charge in [-0.1, -0.05) is 4.49 Å². The molecule has 0 saturated heterocycles. The lowest BCUT2D eigenvalue weighted by Crippen LogP contribution is -2.28. The third-order valence-electron chi connectivity index (χ3n) is 2.20. The average molecular weight is 240 g/mol. The first-order chi connectivity index (χ1) is 7.22. The lowest BCUT2D eigenvalue weighted by atomic mass is 10.1. The smallest absolute Gasteiger partial charge is 0.0845 e. The Morgan fingerprint density at radius 1 is 1.47 bits per heavy atom. The molecule has 0 bridgehead atoms. The molecule has 0 saturated carbocycles. The van der Waals surface area contributed by atoms with E-state index in [1.165, 1.54) is 22.0 Å². The summed E-state index contributed by atoms with van der Waals surface area (Å²) in [5.74, 6) is 5.58. The van der Waals surface area contributed by atoms with Crippen LogP contribution in [0.2, 0.25) is 0 Å². The maximum atomic E-state index is 5.58. The zero-order valence-electron chi connectivity index (χ0n) is 8.52. The van der Waals surface area contributed by atoms with Gasteiger partial charge in [0.1, 0.15) is 0 Å². The standard InChI is InChI=1S/C9H12N4S2/c1-5-3-7(4-14-5)8(11-10)9-6(2)12-13-15-9/h3-4,8,11H,10H2,1-2H3. The molecule has 2 aromatic rings. The number of nitrogens with two attached hydrogens (primary N) is 1. The topological polar surface area (TPSA) is 63.8 Å². The van der Waals surface area contributed by atoms with Crippen LogP contribution in [0.1, 0.15) is 27.1 Å². The molecule has 80 valence electrons. The number of thiophene rings is 1. The summed E-state index contributed by atoms with van der Waals surface area (Å²) in [6, 6.07) is 2.14. The Bertz CT molecular complexity index is 448. The molecule has 6 heteroatoms. The van der Waals surface area contributed by atoms with Crippen molar-refractivity contribution in [1.29, 1.82) is 0 Å². The van der Waals surface area contributed by atoms with Gasteiger partial charge in [0.15, 0.2) is 0 Å². The van der Waals surface area contributed by atoms with E-state index >= 15 is 0 Å². The van der Waals surface area contributed by atoms with Gasteiger partial charge in [-0.15, -0.1) is 16.4 Å². The summed E-state index contributed by atoms with van der Waals surface area (Å²) in [6.45, 7) is 4.03. The second-order valence-corrected chi connectivity index (χ2v) is 5.21. The fraction of sp³-hybridized carbons (Fsp3) is 0.333. The second-order valence-electron chi connectivity index (χ2n) is 3.31. The lowest BCUT2D eigenvalue weighted by molar-refractivity contribution is 0.643. The SMILES string of the molecule is Cc1cc(C(NN)c2snnc2C)cs1. The normalized spacial score (nSPS) is 13.0. The van der Waals surface area contributed by atoms with Crippen molar-refractivity contribution >= 4 is 22.9 Å². The summed E-state index contributed by atoms with van der Waals surface area (Å²) < 4.78 is 3.92. The Labute approximate surface area is 96.3 Å². The highest BCUT2D eigenvalue weighted by molar-refractivity contribution is 7.10. The number of hydrazine groups is 1. The van der Waals surface area contributed by atoms with Crippen LogP contribution in [0.3, 0.4) is 0 Å². The minimum absolute atomic E-state index is 0.00921. The van der Waals surface area contributed by atoms with Crippen molar-refractivity contribution in [2.24, 2.45) is 5.84 Å². The van der Waals surface area contributed by atoms with Gasteiger partial charge in [0.2, 0.25) is 0 Å². The number of aryl methyl sites for hydroxylation is 2. The summed E-state index contributed by atoms with van der Waals surface area (Å²) in [5, 5.41) is 6.10. The van der Waals surface area contributed by atoms with Gasteiger partial charge in [0.25, 0.3) is 0 Å². The largest absolute Gasteiger partial charge is 0.271 e. The van der Waals surface area contributed by atoms with E-state index in [2.05, 4.69) is 33.4 Å². The number of hydrogen-bond acceptors (Lipinski definition) is 6. The van der Waals surface area contributed by atoms with E-state index in [9.17, 15) is 0 Å². The fourth-order valence-electron chi connectivity index (χ4n) is 1.44. The van der Waals surface area contributed by atoms with E-state index in [0.29, 0.717) is 0 Å². The number of rotatable bonds is 3. The minimum Gasteiger partial charge on any atom is -0.271 e. The summed E-state index contributed by atoms with van der Waals surface area (Å²) in [6.07, 6.45) is 0.